The number of methoxy groups -OCH3 is 1. The minimum Gasteiger partial charge on any atom is -0.375 e. The Morgan fingerprint density at radius 2 is 1.68 bits per heavy atom. The van der Waals surface area contributed by atoms with E-state index in [1.54, 1.807) is 0 Å². The lowest BCUT2D eigenvalue weighted by Gasteiger charge is -2.36. The molecule has 1 aliphatic heterocycles. The van der Waals surface area contributed by atoms with Crippen molar-refractivity contribution in [3.8, 4) is 0 Å². The molecule has 1 N–H and O–H groups in total. The van der Waals surface area contributed by atoms with Crippen LogP contribution >= 0.6 is 0 Å². The molecule has 6 nitrogen and oxygen atoms in total. The third kappa shape index (κ3) is 5.10. The van der Waals surface area contributed by atoms with Crippen LogP contribution in [0.2, 0.25) is 0 Å². The molecule has 0 aliphatic carbocycles. The summed E-state index contributed by atoms with van der Waals surface area (Å²) in [5, 5.41) is 2.79. The van der Waals surface area contributed by atoms with Gasteiger partial charge < -0.3 is 19.9 Å². The predicted octanol–water partition coefficient (Wildman–Crippen LogP) is 2.47. The van der Waals surface area contributed by atoms with Crippen molar-refractivity contribution in [3.05, 3.63) is 59.7 Å². The predicted molar refractivity (Wildman–Crippen MR) is 111 cm³/mol. The van der Waals surface area contributed by atoms with Gasteiger partial charge in [0, 0.05) is 44.7 Å². The number of carbonyl (C=O) groups excluding carboxylic acids is 2. The molecule has 1 saturated heterocycles. The zero-order valence-corrected chi connectivity index (χ0v) is 16.5. The van der Waals surface area contributed by atoms with E-state index in [4.69, 9.17) is 4.74 Å². The van der Waals surface area contributed by atoms with Gasteiger partial charge in [0.2, 0.25) is 11.8 Å². The van der Waals surface area contributed by atoms with E-state index in [1.165, 1.54) is 7.11 Å². The van der Waals surface area contributed by atoms with Gasteiger partial charge in [0.1, 0.15) is 6.61 Å². The summed E-state index contributed by atoms with van der Waals surface area (Å²) in [6, 6.07) is 15.8. The van der Waals surface area contributed by atoms with Crippen LogP contribution in [0.15, 0.2) is 48.5 Å². The van der Waals surface area contributed by atoms with Crippen LogP contribution in [0.5, 0.6) is 0 Å². The minimum absolute atomic E-state index is 0.0419. The maximum Gasteiger partial charge on any atom is 0.250 e. The van der Waals surface area contributed by atoms with E-state index in [0.29, 0.717) is 6.42 Å². The van der Waals surface area contributed by atoms with Crippen LogP contribution in [0.25, 0.3) is 0 Å². The number of piperazine rings is 1. The number of nitrogens with one attached hydrogen (secondary N) is 1. The van der Waals surface area contributed by atoms with Crippen LogP contribution in [-0.2, 0) is 20.7 Å². The van der Waals surface area contributed by atoms with Gasteiger partial charge >= 0.3 is 0 Å². The molecule has 6 heteroatoms. The number of hydrogen-bond donors (Lipinski definition) is 1. The van der Waals surface area contributed by atoms with Crippen LogP contribution in [0.4, 0.5) is 11.4 Å². The Bertz CT molecular complexity index is 812. The van der Waals surface area contributed by atoms with Gasteiger partial charge in [0.15, 0.2) is 0 Å². The Balaban J connectivity index is 1.51. The summed E-state index contributed by atoms with van der Waals surface area (Å²) in [5.74, 6) is 0.0150. The monoisotopic (exact) mass is 381 g/mol. The average Bonchev–Trinajstić information content (AvgIpc) is 2.70. The van der Waals surface area contributed by atoms with Gasteiger partial charge in [0.25, 0.3) is 0 Å². The lowest BCUT2D eigenvalue weighted by Crippen LogP contribution is -2.49. The van der Waals surface area contributed by atoms with E-state index < -0.39 is 0 Å². The number of rotatable bonds is 6. The van der Waals surface area contributed by atoms with Gasteiger partial charge in [-0.05, 0) is 42.3 Å². The first-order valence-electron chi connectivity index (χ1n) is 9.53. The molecule has 28 heavy (non-hydrogen) atoms. The Morgan fingerprint density at radius 3 is 2.32 bits per heavy atom. The van der Waals surface area contributed by atoms with E-state index in [1.807, 2.05) is 60.4 Å². The summed E-state index contributed by atoms with van der Waals surface area (Å²) >= 11 is 0. The van der Waals surface area contributed by atoms with Gasteiger partial charge in [-0.15, -0.1) is 0 Å². The van der Waals surface area contributed by atoms with Crippen molar-refractivity contribution >= 4 is 23.2 Å². The maximum atomic E-state index is 12.6. The highest BCUT2D eigenvalue weighted by molar-refractivity contribution is 5.91. The van der Waals surface area contributed by atoms with Gasteiger partial charge in [-0.1, -0.05) is 24.3 Å². The molecule has 0 saturated carbocycles. The lowest BCUT2D eigenvalue weighted by atomic mass is 10.1. The normalized spacial score (nSPS) is 14.1. The summed E-state index contributed by atoms with van der Waals surface area (Å²) in [4.78, 5) is 28.4. The van der Waals surface area contributed by atoms with E-state index in [-0.39, 0.29) is 18.4 Å². The number of amides is 2. The van der Waals surface area contributed by atoms with Crippen molar-refractivity contribution in [1.82, 2.24) is 4.90 Å². The first kappa shape index (κ1) is 19.9. The molecule has 0 atom stereocenters. The van der Waals surface area contributed by atoms with Gasteiger partial charge in [-0.2, -0.15) is 0 Å². The minimum atomic E-state index is -0.170. The summed E-state index contributed by atoms with van der Waals surface area (Å²) in [6.07, 6.45) is 0.461. The molecule has 2 amide bonds. The summed E-state index contributed by atoms with van der Waals surface area (Å²) < 4.78 is 4.82. The van der Waals surface area contributed by atoms with Crippen molar-refractivity contribution in [2.24, 2.45) is 0 Å². The van der Waals surface area contributed by atoms with E-state index in [0.717, 1.165) is 48.7 Å². The molecule has 2 aromatic rings. The number of benzene rings is 2. The summed E-state index contributed by atoms with van der Waals surface area (Å²) in [7, 11) is 1.49. The molecule has 148 valence electrons. The van der Waals surface area contributed by atoms with Crippen molar-refractivity contribution in [1.29, 1.82) is 0 Å². The number of hydrogen-bond acceptors (Lipinski definition) is 4. The third-order valence-electron chi connectivity index (χ3n) is 5.03. The number of anilines is 2. The molecule has 3 rings (SSSR count). The Kier molecular flexibility index (Phi) is 6.66. The lowest BCUT2D eigenvalue weighted by molar-refractivity contribution is -0.130. The van der Waals surface area contributed by atoms with Crippen molar-refractivity contribution in [2.75, 3.05) is 50.1 Å². The Labute approximate surface area is 166 Å². The second kappa shape index (κ2) is 9.37. The molecule has 0 unspecified atom stereocenters. The molecular weight excluding hydrogens is 354 g/mol. The average molecular weight is 381 g/mol. The SMILES string of the molecule is COCC(=O)Nc1ccc(N2CCN(C(=O)Cc3ccccc3C)CC2)cc1. The van der Waals surface area contributed by atoms with Crippen LogP contribution in [0.3, 0.4) is 0 Å². The number of nitrogens with zero attached hydrogens (tertiary/aromatic N) is 2. The smallest absolute Gasteiger partial charge is 0.250 e. The Morgan fingerprint density at radius 1 is 1.00 bits per heavy atom. The quantitative estimate of drug-likeness (QED) is 0.835. The molecular formula is C22H27N3O3. The van der Waals surface area contributed by atoms with Crippen molar-refractivity contribution in [2.45, 2.75) is 13.3 Å². The highest BCUT2D eigenvalue weighted by Crippen LogP contribution is 2.20. The Hall–Kier alpha value is -2.86. The zero-order chi connectivity index (χ0) is 19.9. The first-order valence-corrected chi connectivity index (χ1v) is 9.53. The fraction of sp³-hybridized carbons (Fsp3) is 0.364. The van der Waals surface area contributed by atoms with E-state index in [2.05, 4.69) is 10.2 Å². The number of ether oxygens (including phenoxy) is 1. The number of carbonyl (C=O) groups is 2. The van der Waals surface area contributed by atoms with Gasteiger partial charge in [-0.3, -0.25) is 9.59 Å². The highest BCUT2D eigenvalue weighted by atomic mass is 16.5. The van der Waals surface area contributed by atoms with Crippen LogP contribution in [0.1, 0.15) is 11.1 Å². The van der Waals surface area contributed by atoms with Gasteiger partial charge in [0.05, 0.1) is 6.42 Å². The number of aryl methyl sites for hydroxylation is 1. The van der Waals surface area contributed by atoms with Crippen LogP contribution in [-0.4, -0.2) is 56.6 Å². The maximum absolute atomic E-state index is 12.6. The molecule has 1 heterocycles. The molecule has 1 aliphatic rings. The van der Waals surface area contributed by atoms with Crippen LogP contribution in [0, 0.1) is 6.92 Å². The topological polar surface area (TPSA) is 61.9 Å². The van der Waals surface area contributed by atoms with Crippen molar-refractivity contribution in [3.63, 3.8) is 0 Å². The zero-order valence-electron chi connectivity index (χ0n) is 16.5. The van der Waals surface area contributed by atoms with E-state index >= 15 is 0 Å². The molecule has 0 radical (unpaired) electrons. The second-order valence-electron chi connectivity index (χ2n) is 7.00. The standard InChI is InChI=1S/C22H27N3O3/c1-17-5-3-4-6-18(17)15-22(27)25-13-11-24(12-14-25)20-9-7-19(8-10-20)23-21(26)16-28-2/h3-10H,11-16H2,1-2H3,(H,23,26). The van der Waals surface area contributed by atoms with Crippen LogP contribution < -0.4 is 10.2 Å². The molecule has 0 aromatic heterocycles. The first-order chi connectivity index (χ1) is 13.6. The van der Waals surface area contributed by atoms with Crippen molar-refractivity contribution < 1.29 is 14.3 Å². The highest BCUT2D eigenvalue weighted by Gasteiger charge is 2.21. The van der Waals surface area contributed by atoms with E-state index in [9.17, 15) is 9.59 Å². The van der Waals surface area contributed by atoms with Gasteiger partial charge in [-0.25, -0.2) is 0 Å². The second-order valence-corrected chi connectivity index (χ2v) is 7.00. The molecule has 1 fully saturated rings. The molecule has 0 bridgehead atoms. The molecule has 2 aromatic carbocycles. The molecule has 0 spiro atoms. The summed E-state index contributed by atoms with van der Waals surface area (Å²) in [5.41, 5.74) is 4.10. The summed E-state index contributed by atoms with van der Waals surface area (Å²) in [6.45, 7) is 5.13. The largest absolute Gasteiger partial charge is 0.375 e. The third-order valence-corrected chi connectivity index (χ3v) is 5.03. The fourth-order valence-electron chi connectivity index (χ4n) is 3.38. The fourth-order valence-corrected chi connectivity index (χ4v) is 3.38.